The third kappa shape index (κ3) is 1.91. The van der Waals surface area contributed by atoms with Gasteiger partial charge < -0.3 is 14.8 Å². The van der Waals surface area contributed by atoms with Crippen LogP contribution in [0.3, 0.4) is 0 Å². The first-order valence-electron chi connectivity index (χ1n) is 5.94. The number of β-lactam (4-membered cyclic amide) rings is 1. The van der Waals surface area contributed by atoms with Crippen molar-refractivity contribution in [3.05, 3.63) is 45.0 Å². The number of nitrogens with one attached hydrogen (secondary N) is 1. The summed E-state index contributed by atoms with van der Waals surface area (Å²) in [7, 11) is 1.56. The van der Waals surface area contributed by atoms with Crippen molar-refractivity contribution in [2.24, 2.45) is 0 Å². The lowest BCUT2D eigenvalue weighted by atomic mass is 9.94. The highest BCUT2D eigenvalue weighted by molar-refractivity contribution is 7.07. The van der Waals surface area contributed by atoms with Crippen LogP contribution in [0, 0.1) is 0 Å². The van der Waals surface area contributed by atoms with Crippen LogP contribution in [0.1, 0.15) is 11.7 Å². The van der Waals surface area contributed by atoms with Crippen molar-refractivity contribution in [1.29, 1.82) is 0 Å². The van der Waals surface area contributed by atoms with E-state index in [1.165, 1.54) is 4.90 Å². The highest BCUT2D eigenvalue weighted by Gasteiger charge is 2.48. The number of aliphatic hydroxyl groups is 1. The summed E-state index contributed by atoms with van der Waals surface area (Å²) in [5, 5.41) is 11.5. The predicted octanol–water partition coefficient (Wildman–Crippen LogP) is 0.894. The third-order valence-corrected chi connectivity index (χ3v) is 3.96. The van der Waals surface area contributed by atoms with E-state index in [0.717, 1.165) is 11.3 Å². The Labute approximate surface area is 118 Å². The minimum absolute atomic E-state index is 0.207. The van der Waals surface area contributed by atoms with E-state index in [1.54, 1.807) is 36.8 Å². The van der Waals surface area contributed by atoms with E-state index in [2.05, 4.69) is 4.98 Å². The molecule has 0 bridgehead atoms. The molecule has 0 saturated carbocycles. The Kier molecular flexibility index (Phi) is 3.07. The van der Waals surface area contributed by atoms with Gasteiger partial charge in [-0.2, -0.15) is 0 Å². The number of carbonyl (C=O) groups is 1. The van der Waals surface area contributed by atoms with E-state index < -0.39 is 12.1 Å². The molecule has 1 fully saturated rings. The molecule has 1 aliphatic rings. The van der Waals surface area contributed by atoms with Crippen LogP contribution in [0.15, 0.2) is 34.4 Å². The molecule has 1 aliphatic heterocycles. The van der Waals surface area contributed by atoms with Crippen LogP contribution < -0.4 is 14.5 Å². The standard InChI is InChI=1S/C13H12N2O4S/c1-19-8-4-2-7(3-5-8)15-10(11(16)12(15)17)9-6-20-13(18)14-9/h2-6,10-11,16H,1H3,(H,14,18)/t10-,11+/m1/s1. The zero-order valence-electron chi connectivity index (χ0n) is 10.6. The molecule has 0 aliphatic carbocycles. The number of anilines is 1. The third-order valence-electron chi connectivity index (χ3n) is 3.28. The van der Waals surface area contributed by atoms with Crippen LogP contribution >= 0.6 is 11.3 Å². The first-order chi connectivity index (χ1) is 9.61. The Bertz CT molecular complexity index is 691. The molecule has 6 nitrogen and oxygen atoms in total. The van der Waals surface area contributed by atoms with Gasteiger partial charge >= 0.3 is 4.87 Å². The van der Waals surface area contributed by atoms with E-state index >= 15 is 0 Å². The predicted molar refractivity (Wildman–Crippen MR) is 74.2 cm³/mol. The van der Waals surface area contributed by atoms with Crippen molar-refractivity contribution >= 4 is 22.9 Å². The minimum Gasteiger partial charge on any atom is -0.497 e. The second-order valence-electron chi connectivity index (χ2n) is 4.40. The van der Waals surface area contributed by atoms with Crippen LogP contribution in [-0.2, 0) is 4.79 Å². The maximum atomic E-state index is 11.9. The molecule has 2 heterocycles. The lowest BCUT2D eigenvalue weighted by molar-refractivity contribution is -0.137. The van der Waals surface area contributed by atoms with Gasteiger partial charge in [-0.1, -0.05) is 11.3 Å². The van der Waals surface area contributed by atoms with Crippen molar-refractivity contribution in [3.63, 3.8) is 0 Å². The lowest BCUT2D eigenvalue weighted by Gasteiger charge is -2.43. The smallest absolute Gasteiger partial charge is 0.304 e. The number of methoxy groups -OCH3 is 1. The van der Waals surface area contributed by atoms with Gasteiger partial charge in [0.1, 0.15) is 11.8 Å². The maximum Gasteiger partial charge on any atom is 0.304 e. The minimum atomic E-state index is -1.12. The van der Waals surface area contributed by atoms with E-state index in [4.69, 9.17) is 4.74 Å². The summed E-state index contributed by atoms with van der Waals surface area (Å²) in [6.07, 6.45) is -1.12. The molecule has 1 aromatic heterocycles. The fourth-order valence-corrected chi connectivity index (χ4v) is 2.86. The number of carbonyl (C=O) groups excluding carboxylic acids is 1. The summed E-state index contributed by atoms with van der Waals surface area (Å²) in [6, 6.07) is 6.40. The van der Waals surface area contributed by atoms with E-state index in [1.807, 2.05) is 0 Å². The van der Waals surface area contributed by atoms with Gasteiger partial charge in [0.2, 0.25) is 0 Å². The maximum absolute atomic E-state index is 11.9. The highest BCUT2D eigenvalue weighted by Crippen LogP contribution is 2.38. The van der Waals surface area contributed by atoms with Crippen LogP contribution in [-0.4, -0.2) is 29.2 Å². The number of aliphatic hydroxyl groups excluding tert-OH is 1. The number of H-pyrrole nitrogens is 1. The number of rotatable bonds is 3. The molecule has 0 radical (unpaired) electrons. The molecule has 1 saturated heterocycles. The number of benzene rings is 1. The molecule has 0 unspecified atom stereocenters. The molecule has 3 rings (SSSR count). The first-order valence-corrected chi connectivity index (χ1v) is 6.82. The number of ether oxygens (including phenoxy) is 1. The Morgan fingerprint density at radius 2 is 2.00 bits per heavy atom. The molecule has 1 aromatic carbocycles. The summed E-state index contributed by atoms with van der Waals surface area (Å²) < 4.78 is 5.06. The molecular weight excluding hydrogens is 280 g/mol. The van der Waals surface area contributed by atoms with Crippen molar-refractivity contribution in [1.82, 2.24) is 4.98 Å². The molecule has 7 heteroatoms. The summed E-state index contributed by atoms with van der Waals surface area (Å²) in [4.78, 5) is 27.0. The molecule has 0 spiro atoms. The molecule has 2 aromatic rings. The number of nitrogens with zero attached hydrogens (tertiary/aromatic N) is 1. The Morgan fingerprint density at radius 1 is 1.30 bits per heavy atom. The number of hydrogen-bond acceptors (Lipinski definition) is 5. The van der Waals surface area contributed by atoms with E-state index in [9.17, 15) is 14.7 Å². The van der Waals surface area contributed by atoms with Crippen molar-refractivity contribution in [2.75, 3.05) is 12.0 Å². The summed E-state index contributed by atoms with van der Waals surface area (Å²) >= 11 is 1.01. The average Bonchev–Trinajstić information content (AvgIpc) is 2.89. The Morgan fingerprint density at radius 3 is 2.55 bits per heavy atom. The van der Waals surface area contributed by atoms with Gasteiger partial charge in [-0.15, -0.1) is 0 Å². The normalized spacial score (nSPS) is 21.7. The second kappa shape index (κ2) is 4.77. The quantitative estimate of drug-likeness (QED) is 0.823. The van der Waals surface area contributed by atoms with Gasteiger partial charge in [0.15, 0.2) is 6.10 Å². The van der Waals surface area contributed by atoms with Crippen molar-refractivity contribution in [2.45, 2.75) is 12.1 Å². The largest absolute Gasteiger partial charge is 0.497 e. The van der Waals surface area contributed by atoms with Gasteiger partial charge in [-0.25, -0.2) is 0 Å². The number of hydrogen-bond donors (Lipinski definition) is 2. The van der Waals surface area contributed by atoms with Crippen molar-refractivity contribution in [3.8, 4) is 5.75 Å². The van der Waals surface area contributed by atoms with Crippen LogP contribution in [0.4, 0.5) is 5.69 Å². The van der Waals surface area contributed by atoms with Gasteiger partial charge in [-0.3, -0.25) is 14.5 Å². The molecule has 1 amide bonds. The molecule has 104 valence electrons. The summed E-state index contributed by atoms with van der Waals surface area (Å²) in [6.45, 7) is 0. The monoisotopic (exact) mass is 292 g/mol. The van der Waals surface area contributed by atoms with Crippen LogP contribution in [0.2, 0.25) is 0 Å². The fraction of sp³-hybridized carbons (Fsp3) is 0.231. The van der Waals surface area contributed by atoms with E-state index in [-0.39, 0.29) is 10.8 Å². The summed E-state index contributed by atoms with van der Waals surface area (Å²) in [5.41, 5.74) is 1.20. The number of amides is 1. The van der Waals surface area contributed by atoms with Gasteiger partial charge in [0, 0.05) is 11.1 Å². The average molecular weight is 292 g/mol. The molecular formula is C13H12N2O4S. The SMILES string of the molecule is COc1ccc(N2C(=O)[C@@H](O)[C@H]2c2csc(=O)[nH]2)cc1. The topological polar surface area (TPSA) is 82.6 Å². The fourth-order valence-electron chi connectivity index (χ4n) is 2.25. The highest BCUT2D eigenvalue weighted by atomic mass is 32.1. The van der Waals surface area contributed by atoms with Gasteiger partial charge in [-0.05, 0) is 24.3 Å². The van der Waals surface area contributed by atoms with Crippen molar-refractivity contribution < 1.29 is 14.6 Å². The zero-order chi connectivity index (χ0) is 14.3. The van der Waals surface area contributed by atoms with E-state index in [0.29, 0.717) is 17.1 Å². The Balaban J connectivity index is 1.94. The number of thiazole rings is 1. The molecule has 2 N–H and O–H groups in total. The van der Waals surface area contributed by atoms with Gasteiger partial charge in [0.05, 0.1) is 12.8 Å². The van der Waals surface area contributed by atoms with Gasteiger partial charge in [0.25, 0.3) is 5.91 Å². The Hall–Kier alpha value is -2.12. The van der Waals surface area contributed by atoms with Crippen LogP contribution in [0.25, 0.3) is 0 Å². The first kappa shape index (κ1) is 12.9. The summed E-state index contributed by atoms with van der Waals surface area (Å²) in [5.74, 6) is 0.301. The molecule has 20 heavy (non-hydrogen) atoms. The van der Waals surface area contributed by atoms with Crippen LogP contribution in [0.5, 0.6) is 5.75 Å². The zero-order valence-corrected chi connectivity index (χ0v) is 11.4. The lowest BCUT2D eigenvalue weighted by Crippen LogP contribution is -2.59. The number of aromatic nitrogens is 1. The molecule has 2 atom stereocenters. The second-order valence-corrected chi connectivity index (χ2v) is 5.24. The number of aromatic amines is 1.